The molecule has 3 heterocycles. The molecule has 194 valence electrons. The van der Waals surface area contributed by atoms with Crippen molar-refractivity contribution >= 4 is 50.5 Å². The number of methoxy groups -OCH3 is 1. The van der Waals surface area contributed by atoms with Crippen LogP contribution in [0, 0.1) is 5.82 Å². The van der Waals surface area contributed by atoms with Crippen LogP contribution in [0.15, 0.2) is 71.9 Å². The first-order valence-electron chi connectivity index (χ1n) is 11.1. The van der Waals surface area contributed by atoms with Crippen LogP contribution in [0.4, 0.5) is 16.0 Å². The molecule has 0 atom stereocenters. The number of sulfonamides is 1. The minimum atomic E-state index is -4.33. The number of rotatable bonds is 7. The molecule has 3 aromatic heterocycles. The SMILES string of the molecule is CNc1nccc(-c2c(-c3cccc(NS(=O)(=O)c4c(Cl)cccc4Cl)c3F)nc3cc(OC)ccn23)n1. The van der Waals surface area contributed by atoms with Gasteiger partial charge in [0.25, 0.3) is 10.0 Å². The fourth-order valence-corrected chi connectivity index (χ4v) is 6.13. The number of hydrogen-bond donors (Lipinski definition) is 2. The minimum absolute atomic E-state index is 0.0396. The van der Waals surface area contributed by atoms with E-state index in [0.29, 0.717) is 28.7 Å². The Morgan fingerprint density at radius 1 is 1.03 bits per heavy atom. The van der Waals surface area contributed by atoms with Gasteiger partial charge in [0, 0.05) is 31.1 Å². The van der Waals surface area contributed by atoms with Gasteiger partial charge < -0.3 is 10.1 Å². The van der Waals surface area contributed by atoms with Gasteiger partial charge in [-0.15, -0.1) is 0 Å². The van der Waals surface area contributed by atoms with E-state index in [1.54, 1.807) is 42.0 Å². The lowest BCUT2D eigenvalue weighted by Gasteiger charge is -2.13. The van der Waals surface area contributed by atoms with E-state index in [4.69, 9.17) is 27.9 Å². The molecule has 5 rings (SSSR count). The molecule has 0 radical (unpaired) electrons. The lowest BCUT2D eigenvalue weighted by atomic mass is 10.1. The Morgan fingerprint density at radius 2 is 1.76 bits per heavy atom. The Bertz CT molecular complexity index is 1780. The summed E-state index contributed by atoms with van der Waals surface area (Å²) in [5.74, 6) is 0.0621. The van der Waals surface area contributed by atoms with Gasteiger partial charge in [0.15, 0.2) is 5.82 Å². The Hall–Kier alpha value is -3.93. The number of benzene rings is 2. The van der Waals surface area contributed by atoms with Gasteiger partial charge in [-0.3, -0.25) is 9.12 Å². The van der Waals surface area contributed by atoms with Gasteiger partial charge in [0.05, 0.1) is 34.2 Å². The zero-order valence-electron chi connectivity index (χ0n) is 19.9. The topological polar surface area (TPSA) is 111 Å². The average Bonchev–Trinajstić information content (AvgIpc) is 3.28. The van der Waals surface area contributed by atoms with Crippen LogP contribution < -0.4 is 14.8 Å². The van der Waals surface area contributed by atoms with Crippen LogP contribution in [-0.2, 0) is 10.0 Å². The highest BCUT2D eigenvalue weighted by atomic mass is 35.5. The van der Waals surface area contributed by atoms with Crippen molar-refractivity contribution in [1.82, 2.24) is 19.4 Å². The molecule has 0 amide bonds. The van der Waals surface area contributed by atoms with Crippen molar-refractivity contribution in [2.24, 2.45) is 0 Å². The van der Waals surface area contributed by atoms with E-state index in [1.165, 1.54) is 43.5 Å². The van der Waals surface area contributed by atoms with Gasteiger partial charge in [-0.1, -0.05) is 35.3 Å². The highest BCUT2D eigenvalue weighted by Crippen LogP contribution is 2.37. The molecular formula is C25H19Cl2FN6O3S. The molecule has 0 aliphatic carbocycles. The largest absolute Gasteiger partial charge is 0.497 e. The highest BCUT2D eigenvalue weighted by molar-refractivity contribution is 7.93. The van der Waals surface area contributed by atoms with E-state index < -0.39 is 15.8 Å². The lowest BCUT2D eigenvalue weighted by molar-refractivity contribution is 0.414. The molecule has 13 heteroatoms. The van der Waals surface area contributed by atoms with E-state index in [-0.39, 0.29) is 31.9 Å². The Morgan fingerprint density at radius 3 is 2.47 bits per heavy atom. The quantitative estimate of drug-likeness (QED) is 0.255. The predicted molar refractivity (Wildman–Crippen MR) is 145 cm³/mol. The van der Waals surface area contributed by atoms with Crippen LogP contribution in [0.1, 0.15) is 0 Å². The Kier molecular flexibility index (Phi) is 6.82. The number of halogens is 3. The summed E-state index contributed by atoms with van der Waals surface area (Å²) in [6.45, 7) is 0. The molecule has 0 unspecified atom stereocenters. The van der Waals surface area contributed by atoms with Crippen LogP contribution in [0.2, 0.25) is 10.0 Å². The van der Waals surface area contributed by atoms with Crippen LogP contribution >= 0.6 is 23.2 Å². The summed E-state index contributed by atoms with van der Waals surface area (Å²) in [7, 11) is -1.12. The van der Waals surface area contributed by atoms with E-state index in [9.17, 15) is 8.42 Å². The number of ether oxygens (including phenoxy) is 1. The van der Waals surface area contributed by atoms with Crippen molar-refractivity contribution in [3.8, 4) is 28.4 Å². The Balaban J connectivity index is 1.69. The molecule has 0 fully saturated rings. The van der Waals surface area contributed by atoms with Gasteiger partial charge in [-0.2, -0.15) is 0 Å². The first-order valence-corrected chi connectivity index (χ1v) is 13.3. The molecule has 38 heavy (non-hydrogen) atoms. The molecule has 5 aromatic rings. The maximum Gasteiger partial charge on any atom is 0.264 e. The summed E-state index contributed by atoms with van der Waals surface area (Å²) in [6.07, 6.45) is 3.29. The third-order valence-electron chi connectivity index (χ3n) is 5.64. The molecule has 0 aliphatic rings. The standard InChI is InChI=1S/C25H19Cl2FN6O3S/c1-29-25-30-11-9-19(31-25)23-22(32-20-13-14(37-2)10-12-34(20)23)15-5-3-8-18(21(15)28)33-38(35,36)24-16(26)6-4-7-17(24)27/h3-13,33H,1-2H3,(H,29,30,31). The molecule has 2 aromatic carbocycles. The van der Waals surface area contributed by atoms with E-state index >= 15 is 4.39 Å². The van der Waals surface area contributed by atoms with Crippen molar-refractivity contribution in [2.75, 3.05) is 24.2 Å². The summed E-state index contributed by atoms with van der Waals surface area (Å²) in [5.41, 5.74) is 1.36. The van der Waals surface area contributed by atoms with Crippen LogP contribution in [0.5, 0.6) is 5.75 Å². The number of nitrogens with one attached hydrogen (secondary N) is 2. The second-order valence-electron chi connectivity index (χ2n) is 7.94. The maximum atomic E-state index is 16.0. The number of aromatic nitrogens is 4. The molecule has 0 saturated carbocycles. The van der Waals surface area contributed by atoms with E-state index in [1.807, 2.05) is 0 Å². The molecule has 2 N–H and O–H groups in total. The van der Waals surface area contributed by atoms with Crippen LogP contribution in [-0.4, -0.2) is 41.9 Å². The van der Waals surface area contributed by atoms with E-state index in [2.05, 4.69) is 25.0 Å². The smallest absolute Gasteiger partial charge is 0.264 e. The molecule has 0 bridgehead atoms. The number of hydrogen-bond acceptors (Lipinski definition) is 7. The molecular weight excluding hydrogens is 554 g/mol. The number of imidazole rings is 1. The van der Waals surface area contributed by atoms with Crippen LogP contribution in [0.25, 0.3) is 28.3 Å². The second kappa shape index (κ2) is 10.1. The van der Waals surface area contributed by atoms with E-state index in [0.717, 1.165) is 0 Å². The number of anilines is 2. The molecule has 9 nitrogen and oxygen atoms in total. The summed E-state index contributed by atoms with van der Waals surface area (Å²) < 4.78 is 51.5. The third kappa shape index (κ3) is 4.60. The van der Waals surface area contributed by atoms with Gasteiger partial charge in [0.2, 0.25) is 5.95 Å². The Labute approximate surface area is 227 Å². The average molecular weight is 573 g/mol. The highest BCUT2D eigenvalue weighted by Gasteiger charge is 2.26. The fraction of sp³-hybridized carbons (Fsp3) is 0.0800. The first-order chi connectivity index (χ1) is 18.2. The van der Waals surface area contributed by atoms with Gasteiger partial charge in [-0.25, -0.2) is 27.8 Å². The van der Waals surface area contributed by atoms with Crippen molar-refractivity contribution in [1.29, 1.82) is 0 Å². The van der Waals surface area contributed by atoms with Gasteiger partial charge in [0.1, 0.15) is 22.0 Å². The lowest BCUT2D eigenvalue weighted by Crippen LogP contribution is -2.15. The second-order valence-corrected chi connectivity index (χ2v) is 10.4. The monoisotopic (exact) mass is 572 g/mol. The molecule has 0 aliphatic heterocycles. The molecule has 0 spiro atoms. The number of pyridine rings is 1. The number of nitrogens with zero attached hydrogens (tertiary/aromatic N) is 4. The van der Waals surface area contributed by atoms with Gasteiger partial charge in [-0.05, 0) is 36.4 Å². The van der Waals surface area contributed by atoms with Crippen molar-refractivity contribution in [3.63, 3.8) is 0 Å². The summed E-state index contributed by atoms with van der Waals surface area (Å²) >= 11 is 12.2. The van der Waals surface area contributed by atoms with Crippen molar-refractivity contribution < 1.29 is 17.5 Å². The zero-order valence-corrected chi connectivity index (χ0v) is 22.2. The summed E-state index contributed by atoms with van der Waals surface area (Å²) in [6, 6.07) is 13.7. The number of fused-ring (bicyclic) bond motifs is 1. The molecule has 0 saturated heterocycles. The van der Waals surface area contributed by atoms with Crippen LogP contribution in [0.3, 0.4) is 0 Å². The summed E-state index contributed by atoms with van der Waals surface area (Å²) in [4.78, 5) is 13.0. The predicted octanol–water partition coefficient (Wildman–Crippen LogP) is 5.76. The maximum absolute atomic E-state index is 16.0. The first kappa shape index (κ1) is 25.7. The van der Waals surface area contributed by atoms with Crippen molar-refractivity contribution in [2.45, 2.75) is 4.90 Å². The van der Waals surface area contributed by atoms with Gasteiger partial charge >= 0.3 is 0 Å². The normalized spacial score (nSPS) is 11.5. The summed E-state index contributed by atoms with van der Waals surface area (Å²) in [5, 5.41) is 2.69. The third-order valence-corrected chi connectivity index (χ3v) is 7.96. The van der Waals surface area contributed by atoms with Crippen molar-refractivity contribution in [3.05, 3.63) is 82.9 Å². The fourth-order valence-electron chi connectivity index (χ4n) is 3.93. The minimum Gasteiger partial charge on any atom is -0.497 e. The zero-order chi connectivity index (χ0) is 27.0.